The molecule has 0 fully saturated rings. The number of halogens is 2. The number of rotatable bonds is 5. The summed E-state index contributed by atoms with van der Waals surface area (Å²) >= 11 is 7.30. The third-order valence-corrected chi connectivity index (χ3v) is 3.24. The first kappa shape index (κ1) is 16.4. The number of amides is 1. The summed E-state index contributed by atoms with van der Waals surface area (Å²) in [6.45, 7) is 6.34. The molecular formula is C11H16Cl2N2OS. The van der Waals surface area contributed by atoms with Crippen LogP contribution in [0.4, 0.5) is 0 Å². The Balaban J connectivity index is 0.00000256. The molecule has 96 valence electrons. The van der Waals surface area contributed by atoms with Crippen LogP contribution in [0.1, 0.15) is 11.8 Å². The third-order valence-electron chi connectivity index (χ3n) is 2.03. The predicted molar refractivity (Wildman–Crippen MR) is 75.8 cm³/mol. The van der Waals surface area contributed by atoms with Crippen molar-refractivity contribution in [2.75, 3.05) is 6.54 Å². The van der Waals surface area contributed by atoms with E-state index in [1.807, 2.05) is 12.1 Å². The maximum absolute atomic E-state index is 11.8. The standard InChI is InChI=1S/C11H15ClN2OS.ClH/c1-3-6-14(11(15)8(2)13)7-9-4-5-10(12)16-9;/h3-5,8H,1,6-7,13H2,2H3;1H/t8-;/m1./s1. The van der Waals surface area contributed by atoms with Gasteiger partial charge in [-0.05, 0) is 19.1 Å². The smallest absolute Gasteiger partial charge is 0.239 e. The van der Waals surface area contributed by atoms with Crippen molar-refractivity contribution < 1.29 is 4.79 Å². The van der Waals surface area contributed by atoms with E-state index < -0.39 is 6.04 Å². The quantitative estimate of drug-likeness (QED) is 0.849. The van der Waals surface area contributed by atoms with E-state index in [1.165, 1.54) is 11.3 Å². The highest BCUT2D eigenvalue weighted by atomic mass is 35.5. The van der Waals surface area contributed by atoms with Crippen molar-refractivity contribution in [3.8, 4) is 0 Å². The highest BCUT2D eigenvalue weighted by molar-refractivity contribution is 7.16. The van der Waals surface area contributed by atoms with Gasteiger partial charge in [0.2, 0.25) is 5.91 Å². The van der Waals surface area contributed by atoms with E-state index in [9.17, 15) is 4.79 Å². The zero-order valence-electron chi connectivity index (χ0n) is 9.56. The van der Waals surface area contributed by atoms with Gasteiger partial charge in [-0.25, -0.2) is 0 Å². The zero-order valence-corrected chi connectivity index (χ0v) is 11.9. The molecule has 17 heavy (non-hydrogen) atoms. The van der Waals surface area contributed by atoms with Crippen molar-refractivity contribution in [1.29, 1.82) is 0 Å². The lowest BCUT2D eigenvalue weighted by molar-refractivity contribution is -0.132. The van der Waals surface area contributed by atoms with Crippen LogP contribution in [0.15, 0.2) is 24.8 Å². The fourth-order valence-electron chi connectivity index (χ4n) is 1.30. The van der Waals surface area contributed by atoms with E-state index in [0.29, 0.717) is 13.1 Å². The first-order chi connectivity index (χ1) is 7.54. The maximum atomic E-state index is 11.8. The van der Waals surface area contributed by atoms with E-state index in [-0.39, 0.29) is 18.3 Å². The first-order valence-electron chi connectivity index (χ1n) is 4.94. The topological polar surface area (TPSA) is 46.3 Å². The minimum atomic E-state index is -0.490. The lowest BCUT2D eigenvalue weighted by Gasteiger charge is -2.22. The molecule has 2 N–H and O–H groups in total. The van der Waals surface area contributed by atoms with Crippen molar-refractivity contribution in [3.63, 3.8) is 0 Å². The van der Waals surface area contributed by atoms with Crippen LogP contribution < -0.4 is 5.73 Å². The van der Waals surface area contributed by atoms with Crippen molar-refractivity contribution >= 4 is 41.3 Å². The molecule has 0 saturated carbocycles. The Hall–Kier alpha value is -0.550. The van der Waals surface area contributed by atoms with E-state index in [2.05, 4.69) is 6.58 Å². The number of nitrogens with zero attached hydrogens (tertiary/aromatic N) is 1. The summed E-state index contributed by atoms with van der Waals surface area (Å²) in [5, 5.41) is 0. The fraction of sp³-hybridized carbons (Fsp3) is 0.364. The monoisotopic (exact) mass is 294 g/mol. The first-order valence-corrected chi connectivity index (χ1v) is 6.13. The molecule has 0 aliphatic carbocycles. The van der Waals surface area contributed by atoms with Crippen molar-refractivity contribution in [3.05, 3.63) is 34.0 Å². The predicted octanol–water partition coefficient (Wildman–Crippen LogP) is 2.69. The van der Waals surface area contributed by atoms with E-state index in [0.717, 1.165) is 9.21 Å². The summed E-state index contributed by atoms with van der Waals surface area (Å²) in [6.07, 6.45) is 1.69. The van der Waals surface area contributed by atoms with Gasteiger partial charge in [-0.2, -0.15) is 0 Å². The molecule has 1 heterocycles. The Morgan fingerprint density at radius 3 is 2.76 bits per heavy atom. The van der Waals surface area contributed by atoms with Gasteiger partial charge in [0, 0.05) is 11.4 Å². The lowest BCUT2D eigenvalue weighted by atomic mass is 10.3. The Morgan fingerprint density at radius 2 is 2.35 bits per heavy atom. The molecule has 0 unspecified atom stereocenters. The zero-order chi connectivity index (χ0) is 12.1. The second kappa shape index (κ2) is 7.71. The molecule has 0 aliphatic heterocycles. The molecule has 1 rings (SSSR count). The Kier molecular flexibility index (Phi) is 7.46. The van der Waals surface area contributed by atoms with Gasteiger partial charge >= 0.3 is 0 Å². The Morgan fingerprint density at radius 1 is 1.71 bits per heavy atom. The van der Waals surface area contributed by atoms with Crippen molar-refractivity contribution in [2.45, 2.75) is 19.5 Å². The van der Waals surface area contributed by atoms with Crippen LogP contribution in [0.2, 0.25) is 4.34 Å². The molecular weight excluding hydrogens is 279 g/mol. The SMILES string of the molecule is C=CCN(Cc1ccc(Cl)s1)C(=O)[C@@H](C)N.Cl. The summed E-state index contributed by atoms with van der Waals surface area (Å²) in [7, 11) is 0. The molecule has 1 aromatic rings. The van der Waals surface area contributed by atoms with E-state index in [4.69, 9.17) is 17.3 Å². The van der Waals surface area contributed by atoms with E-state index in [1.54, 1.807) is 17.9 Å². The summed E-state index contributed by atoms with van der Waals surface area (Å²) in [5.74, 6) is -0.0792. The maximum Gasteiger partial charge on any atom is 0.239 e. The van der Waals surface area contributed by atoms with Gasteiger partial charge in [-0.1, -0.05) is 17.7 Å². The lowest BCUT2D eigenvalue weighted by Crippen LogP contribution is -2.41. The van der Waals surface area contributed by atoms with Crippen LogP contribution in [-0.2, 0) is 11.3 Å². The second-order valence-corrected chi connectivity index (χ2v) is 5.30. The number of hydrogen-bond donors (Lipinski definition) is 1. The Labute approximate surface area is 117 Å². The van der Waals surface area contributed by atoms with Gasteiger partial charge < -0.3 is 10.6 Å². The van der Waals surface area contributed by atoms with Gasteiger partial charge in [-0.15, -0.1) is 30.3 Å². The van der Waals surface area contributed by atoms with Crippen LogP contribution in [0.25, 0.3) is 0 Å². The largest absolute Gasteiger partial charge is 0.333 e. The average Bonchev–Trinajstić information content (AvgIpc) is 2.62. The number of carbonyl (C=O) groups excluding carboxylic acids is 1. The Bertz CT molecular complexity index is 379. The summed E-state index contributed by atoms with van der Waals surface area (Å²) in [4.78, 5) is 14.5. The van der Waals surface area contributed by atoms with Crippen LogP contribution in [-0.4, -0.2) is 23.4 Å². The molecule has 0 radical (unpaired) electrons. The minimum Gasteiger partial charge on any atom is -0.333 e. The molecule has 0 aliphatic rings. The second-order valence-electron chi connectivity index (χ2n) is 3.50. The van der Waals surface area contributed by atoms with Gasteiger partial charge in [0.05, 0.1) is 16.9 Å². The number of hydrogen-bond acceptors (Lipinski definition) is 3. The summed E-state index contributed by atoms with van der Waals surface area (Å²) in [6, 6.07) is 3.25. The molecule has 0 spiro atoms. The minimum absolute atomic E-state index is 0. The van der Waals surface area contributed by atoms with Crippen LogP contribution in [0, 0.1) is 0 Å². The summed E-state index contributed by atoms with van der Waals surface area (Å²) < 4.78 is 0.724. The highest BCUT2D eigenvalue weighted by Gasteiger charge is 2.17. The molecule has 6 heteroatoms. The molecule has 0 bridgehead atoms. The van der Waals surface area contributed by atoms with Crippen LogP contribution >= 0.6 is 35.3 Å². The molecule has 1 aromatic heterocycles. The normalized spacial score (nSPS) is 11.5. The van der Waals surface area contributed by atoms with Gasteiger partial charge in [0.15, 0.2) is 0 Å². The molecule has 0 saturated heterocycles. The van der Waals surface area contributed by atoms with E-state index >= 15 is 0 Å². The van der Waals surface area contributed by atoms with Crippen molar-refractivity contribution in [1.82, 2.24) is 4.90 Å². The highest BCUT2D eigenvalue weighted by Crippen LogP contribution is 2.22. The number of nitrogens with two attached hydrogens (primary N) is 1. The number of carbonyl (C=O) groups is 1. The van der Waals surface area contributed by atoms with Crippen LogP contribution in [0.5, 0.6) is 0 Å². The fourth-order valence-corrected chi connectivity index (χ4v) is 2.40. The van der Waals surface area contributed by atoms with Crippen molar-refractivity contribution in [2.24, 2.45) is 5.73 Å². The molecule has 1 atom stereocenters. The molecule has 0 aromatic carbocycles. The van der Waals surface area contributed by atoms with Gasteiger partial charge in [0.25, 0.3) is 0 Å². The van der Waals surface area contributed by atoms with Crippen LogP contribution in [0.3, 0.4) is 0 Å². The molecule has 1 amide bonds. The molecule has 3 nitrogen and oxygen atoms in total. The van der Waals surface area contributed by atoms with Gasteiger partial charge in [-0.3, -0.25) is 4.79 Å². The van der Waals surface area contributed by atoms with Gasteiger partial charge in [0.1, 0.15) is 0 Å². The third kappa shape index (κ3) is 5.08. The summed E-state index contributed by atoms with van der Waals surface area (Å²) in [5.41, 5.74) is 5.58. The number of thiophene rings is 1. The average molecular weight is 295 g/mol.